The summed E-state index contributed by atoms with van der Waals surface area (Å²) >= 11 is 0. The molecule has 1 aromatic carbocycles. The van der Waals surface area contributed by atoms with Crippen molar-refractivity contribution in [2.24, 2.45) is 5.73 Å². The van der Waals surface area contributed by atoms with Crippen molar-refractivity contribution in [3.8, 4) is 0 Å². The van der Waals surface area contributed by atoms with Crippen molar-refractivity contribution in [1.82, 2.24) is 0 Å². The van der Waals surface area contributed by atoms with Crippen molar-refractivity contribution in [2.75, 3.05) is 0 Å². The largest absolute Gasteiger partial charge is 0.461 e. The van der Waals surface area contributed by atoms with Crippen molar-refractivity contribution in [1.29, 1.82) is 0 Å². The summed E-state index contributed by atoms with van der Waals surface area (Å²) in [7, 11) is 0. The van der Waals surface area contributed by atoms with Crippen molar-refractivity contribution in [3.63, 3.8) is 0 Å². The molecule has 0 aromatic heterocycles. The van der Waals surface area contributed by atoms with E-state index in [-0.39, 0.29) is 12.0 Å². The molecule has 0 bridgehead atoms. The molecule has 0 fully saturated rings. The highest BCUT2D eigenvalue weighted by atomic mass is 16.5. The number of rotatable bonds is 7. The number of carbonyl (C=O) groups is 1. The summed E-state index contributed by atoms with van der Waals surface area (Å²) in [5.74, 6) is -0.126. The van der Waals surface area contributed by atoms with Crippen LogP contribution >= 0.6 is 0 Å². The maximum absolute atomic E-state index is 11.4. The zero-order valence-electron chi connectivity index (χ0n) is 10.4. The van der Waals surface area contributed by atoms with Gasteiger partial charge in [0.1, 0.15) is 6.61 Å². The van der Waals surface area contributed by atoms with Gasteiger partial charge >= 0.3 is 5.97 Å². The van der Waals surface area contributed by atoms with Crippen LogP contribution in [-0.2, 0) is 16.1 Å². The van der Waals surface area contributed by atoms with Gasteiger partial charge < -0.3 is 10.5 Å². The minimum Gasteiger partial charge on any atom is -0.461 e. The van der Waals surface area contributed by atoms with Crippen molar-refractivity contribution in [3.05, 3.63) is 35.9 Å². The molecule has 0 saturated heterocycles. The molecule has 0 heterocycles. The van der Waals surface area contributed by atoms with Crippen LogP contribution in [-0.4, -0.2) is 12.0 Å². The number of carbonyl (C=O) groups excluding carboxylic acids is 1. The molecule has 0 aliphatic heterocycles. The first-order valence-corrected chi connectivity index (χ1v) is 6.13. The quantitative estimate of drug-likeness (QED) is 0.584. The van der Waals surface area contributed by atoms with Crippen LogP contribution in [0.4, 0.5) is 0 Å². The van der Waals surface area contributed by atoms with Gasteiger partial charge in [0.15, 0.2) is 0 Å². The Kier molecular flexibility index (Phi) is 6.33. The van der Waals surface area contributed by atoms with Crippen LogP contribution in [0.5, 0.6) is 0 Å². The van der Waals surface area contributed by atoms with E-state index in [0.29, 0.717) is 13.0 Å². The lowest BCUT2D eigenvalue weighted by molar-refractivity contribution is -0.145. The van der Waals surface area contributed by atoms with Gasteiger partial charge in [0.2, 0.25) is 0 Å². The van der Waals surface area contributed by atoms with E-state index >= 15 is 0 Å². The molecule has 3 nitrogen and oxygen atoms in total. The number of ether oxygens (including phenoxy) is 1. The summed E-state index contributed by atoms with van der Waals surface area (Å²) in [6.07, 6.45) is 3.29. The van der Waals surface area contributed by atoms with Crippen LogP contribution < -0.4 is 5.73 Å². The average molecular weight is 235 g/mol. The number of benzene rings is 1. The molecule has 0 aliphatic carbocycles. The van der Waals surface area contributed by atoms with Crippen molar-refractivity contribution < 1.29 is 9.53 Å². The fourth-order valence-electron chi connectivity index (χ4n) is 1.55. The number of nitrogens with two attached hydrogens (primary N) is 1. The molecule has 1 rings (SSSR count). The Morgan fingerprint density at radius 1 is 1.29 bits per heavy atom. The summed E-state index contributed by atoms with van der Waals surface area (Å²) in [4.78, 5) is 11.4. The molecular weight excluding hydrogens is 214 g/mol. The van der Waals surface area contributed by atoms with Crippen LogP contribution in [0.2, 0.25) is 0 Å². The molecule has 94 valence electrons. The lowest BCUT2D eigenvalue weighted by Crippen LogP contribution is -2.14. The summed E-state index contributed by atoms with van der Waals surface area (Å²) < 4.78 is 5.16. The minimum atomic E-state index is -0.126. The van der Waals surface area contributed by atoms with Crippen molar-refractivity contribution in [2.45, 2.75) is 45.3 Å². The van der Waals surface area contributed by atoms with E-state index in [2.05, 4.69) is 0 Å². The van der Waals surface area contributed by atoms with Gasteiger partial charge in [0.25, 0.3) is 0 Å². The molecule has 0 spiro atoms. The first-order chi connectivity index (χ1) is 8.18. The highest BCUT2D eigenvalue weighted by molar-refractivity contribution is 5.69. The summed E-state index contributed by atoms with van der Waals surface area (Å²) in [6, 6.07) is 9.93. The molecule has 3 heteroatoms. The average Bonchev–Trinajstić information content (AvgIpc) is 2.33. The van der Waals surface area contributed by atoms with Gasteiger partial charge in [0, 0.05) is 12.5 Å². The molecule has 17 heavy (non-hydrogen) atoms. The summed E-state index contributed by atoms with van der Waals surface area (Å²) in [6.45, 7) is 2.35. The fraction of sp³-hybridized carbons (Fsp3) is 0.500. The third kappa shape index (κ3) is 6.74. The Morgan fingerprint density at radius 2 is 2.00 bits per heavy atom. The zero-order valence-corrected chi connectivity index (χ0v) is 10.4. The Morgan fingerprint density at radius 3 is 2.65 bits per heavy atom. The zero-order chi connectivity index (χ0) is 12.5. The van der Waals surface area contributed by atoms with Crippen LogP contribution in [0, 0.1) is 0 Å². The van der Waals surface area contributed by atoms with Gasteiger partial charge in [-0.25, -0.2) is 0 Å². The Hall–Kier alpha value is -1.35. The van der Waals surface area contributed by atoms with E-state index < -0.39 is 0 Å². The number of hydrogen-bond donors (Lipinski definition) is 1. The molecule has 0 amide bonds. The normalized spacial score (nSPS) is 12.1. The SMILES string of the molecule is CC(N)CCCCC(=O)OCc1ccccc1. The number of unbranched alkanes of at least 4 members (excludes halogenated alkanes) is 1. The first-order valence-electron chi connectivity index (χ1n) is 6.13. The Labute approximate surface area is 103 Å². The number of hydrogen-bond acceptors (Lipinski definition) is 3. The third-order valence-electron chi connectivity index (χ3n) is 2.53. The molecule has 1 unspecified atom stereocenters. The second-order valence-electron chi connectivity index (χ2n) is 4.37. The fourth-order valence-corrected chi connectivity index (χ4v) is 1.55. The van der Waals surface area contributed by atoms with E-state index in [4.69, 9.17) is 10.5 Å². The van der Waals surface area contributed by atoms with E-state index in [1.807, 2.05) is 37.3 Å². The second kappa shape index (κ2) is 7.85. The summed E-state index contributed by atoms with van der Waals surface area (Å²) in [5.41, 5.74) is 6.65. The molecule has 1 atom stereocenters. The Bertz CT molecular complexity index is 322. The van der Waals surface area contributed by atoms with Gasteiger partial charge in [0.05, 0.1) is 0 Å². The van der Waals surface area contributed by atoms with Crippen molar-refractivity contribution >= 4 is 5.97 Å². The predicted octanol–water partition coefficient (Wildman–Crippen LogP) is 2.64. The van der Waals surface area contributed by atoms with Gasteiger partial charge in [-0.05, 0) is 25.3 Å². The minimum absolute atomic E-state index is 0.126. The maximum atomic E-state index is 11.4. The molecule has 1 aromatic rings. The molecule has 2 N–H and O–H groups in total. The summed E-state index contributed by atoms with van der Waals surface area (Å²) in [5, 5.41) is 0. The first kappa shape index (κ1) is 13.7. The van der Waals surface area contributed by atoms with E-state index in [1.165, 1.54) is 0 Å². The smallest absolute Gasteiger partial charge is 0.306 e. The Balaban J connectivity index is 2.09. The molecule has 0 saturated carbocycles. The standard InChI is InChI=1S/C14H21NO2/c1-12(15)7-5-6-10-14(16)17-11-13-8-3-2-4-9-13/h2-4,8-9,12H,5-7,10-11,15H2,1H3. The van der Waals surface area contributed by atoms with E-state index in [1.54, 1.807) is 0 Å². The molecule has 0 aliphatic rings. The van der Waals surface area contributed by atoms with Crippen LogP contribution in [0.3, 0.4) is 0 Å². The third-order valence-corrected chi connectivity index (χ3v) is 2.53. The van der Waals surface area contributed by atoms with Gasteiger partial charge in [-0.15, -0.1) is 0 Å². The topological polar surface area (TPSA) is 52.3 Å². The lowest BCUT2D eigenvalue weighted by atomic mass is 10.1. The maximum Gasteiger partial charge on any atom is 0.306 e. The monoisotopic (exact) mass is 235 g/mol. The van der Waals surface area contributed by atoms with Crippen LogP contribution in [0.1, 0.15) is 38.2 Å². The van der Waals surface area contributed by atoms with Crippen LogP contribution in [0.25, 0.3) is 0 Å². The van der Waals surface area contributed by atoms with Gasteiger partial charge in [-0.2, -0.15) is 0 Å². The molecule has 0 radical (unpaired) electrons. The van der Waals surface area contributed by atoms with Gasteiger partial charge in [-0.1, -0.05) is 36.8 Å². The van der Waals surface area contributed by atoms with Crippen LogP contribution in [0.15, 0.2) is 30.3 Å². The van der Waals surface area contributed by atoms with Gasteiger partial charge in [-0.3, -0.25) is 4.79 Å². The van der Waals surface area contributed by atoms with E-state index in [0.717, 1.165) is 24.8 Å². The highest BCUT2D eigenvalue weighted by Gasteiger charge is 2.03. The van der Waals surface area contributed by atoms with E-state index in [9.17, 15) is 4.79 Å². The lowest BCUT2D eigenvalue weighted by Gasteiger charge is -2.06. The predicted molar refractivity (Wildman–Crippen MR) is 68.4 cm³/mol. The highest BCUT2D eigenvalue weighted by Crippen LogP contribution is 2.05. The molecular formula is C14H21NO2. The second-order valence-corrected chi connectivity index (χ2v) is 4.37. The number of esters is 1.